The predicted octanol–water partition coefficient (Wildman–Crippen LogP) is 1.05. The van der Waals surface area contributed by atoms with Crippen LogP contribution in [0.2, 0.25) is 0 Å². The Morgan fingerprint density at radius 1 is 1.39 bits per heavy atom. The summed E-state index contributed by atoms with van der Waals surface area (Å²) in [6.07, 6.45) is -0.555. The number of rotatable bonds is 2. The first kappa shape index (κ1) is 11.5. The minimum absolute atomic E-state index is 0.213. The second-order valence-corrected chi connectivity index (χ2v) is 4.39. The average molecular weight is 265 g/mol. The van der Waals surface area contributed by atoms with Gasteiger partial charge in [0, 0.05) is 0 Å². The third-order valence-corrected chi connectivity index (χ3v) is 3.19. The second-order valence-electron chi connectivity index (χ2n) is 3.86. The Balaban J connectivity index is 1.79. The van der Waals surface area contributed by atoms with Gasteiger partial charge in [0.2, 0.25) is 0 Å². The monoisotopic (exact) mass is 265 g/mol. The maximum atomic E-state index is 12.0. The van der Waals surface area contributed by atoms with Gasteiger partial charge in [-0.1, -0.05) is 6.07 Å². The summed E-state index contributed by atoms with van der Waals surface area (Å²) in [5, 5.41) is 2.80. The molecular formula is C11H11N3O3S. The lowest BCUT2D eigenvalue weighted by Gasteiger charge is -2.22. The molecule has 6 nitrogen and oxygen atoms in total. The molecule has 1 aromatic heterocycles. The van der Waals surface area contributed by atoms with E-state index in [1.165, 1.54) is 0 Å². The SMILES string of the molecule is O=C(Nc1cccc2nsnc12)C1COCCO1. The van der Waals surface area contributed by atoms with Crippen LogP contribution in [0.1, 0.15) is 0 Å². The summed E-state index contributed by atoms with van der Waals surface area (Å²) in [6, 6.07) is 5.48. The molecule has 7 heteroatoms. The third-order valence-electron chi connectivity index (χ3n) is 2.65. The van der Waals surface area contributed by atoms with Crippen molar-refractivity contribution in [2.75, 3.05) is 25.1 Å². The Kier molecular flexibility index (Phi) is 3.18. The molecule has 0 aliphatic carbocycles. The van der Waals surface area contributed by atoms with Gasteiger partial charge in [0.15, 0.2) is 6.10 Å². The number of ether oxygens (including phenoxy) is 2. The minimum atomic E-state index is -0.555. The van der Waals surface area contributed by atoms with Crippen LogP contribution in [0, 0.1) is 0 Å². The summed E-state index contributed by atoms with van der Waals surface area (Å²) < 4.78 is 18.8. The molecular weight excluding hydrogens is 254 g/mol. The van der Waals surface area contributed by atoms with Crippen molar-refractivity contribution in [1.29, 1.82) is 0 Å². The Labute approximate surface area is 107 Å². The number of benzene rings is 1. The van der Waals surface area contributed by atoms with E-state index in [9.17, 15) is 4.79 Å². The number of carbonyl (C=O) groups excluding carboxylic acids is 1. The van der Waals surface area contributed by atoms with E-state index in [1.54, 1.807) is 6.07 Å². The minimum Gasteiger partial charge on any atom is -0.376 e. The lowest BCUT2D eigenvalue weighted by atomic mass is 10.2. The standard InChI is InChI=1S/C11H11N3O3S/c15-11(9-6-16-4-5-17-9)12-7-2-1-3-8-10(7)14-18-13-8/h1-3,9H,4-6H2,(H,12,15). The summed E-state index contributed by atoms with van der Waals surface area (Å²) >= 11 is 1.12. The smallest absolute Gasteiger partial charge is 0.255 e. The van der Waals surface area contributed by atoms with Gasteiger partial charge in [0.25, 0.3) is 5.91 Å². The zero-order valence-corrected chi connectivity index (χ0v) is 10.3. The predicted molar refractivity (Wildman–Crippen MR) is 66.6 cm³/mol. The van der Waals surface area contributed by atoms with Crippen LogP contribution in [0.25, 0.3) is 11.0 Å². The van der Waals surface area contributed by atoms with Gasteiger partial charge in [-0.2, -0.15) is 8.75 Å². The fourth-order valence-electron chi connectivity index (χ4n) is 1.76. The lowest BCUT2D eigenvalue weighted by Crippen LogP contribution is -2.39. The van der Waals surface area contributed by atoms with E-state index in [-0.39, 0.29) is 12.5 Å². The Hall–Kier alpha value is -1.57. The van der Waals surface area contributed by atoms with E-state index in [2.05, 4.69) is 14.1 Å². The summed E-state index contributed by atoms with van der Waals surface area (Å²) in [6.45, 7) is 1.27. The van der Waals surface area contributed by atoms with Gasteiger partial charge in [-0.25, -0.2) is 0 Å². The van der Waals surface area contributed by atoms with Gasteiger partial charge in [-0.3, -0.25) is 4.79 Å². The molecule has 0 spiro atoms. The Morgan fingerprint density at radius 2 is 2.33 bits per heavy atom. The van der Waals surface area contributed by atoms with E-state index in [0.717, 1.165) is 17.2 Å². The van der Waals surface area contributed by atoms with Crippen LogP contribution in [-0.2, 0) is 14.3 Å². The molecule has 1 aliphatic rings. The van der Waals surface area contributed by atoms with Crippen LogP contribution in [0.3, 0.4) is 0 Å². The maximum absolute atomic E-state index is 12.0. The molecule has 0 bridgehead atoms. The van der Waals surface area contributed by atoms with Crippen molar-refractivity contribution < 1.29 is 14.3 Å². The van der Waals surface area contributed by atoms with Crippen molar-refractivity contribution in [3.8, 4) is 0 Å². The highest BCUT2D eigenvalue weighted by atomic mass is 32.1. The van der Waals surface area contributed by atoms with Gasteiger partial charge < -0.3 is 14.8 Å². The topological polar surface area (TPSA) is 73.3 Å². The van der Waals surface area contributed by atoms with Crippen molar-refractivity contribution in [1.82, 2.24) is 8.75 Å². The maximum Gasteiger partial charge on any atom is 0.255 e. The van der Waals surface area contributed by atoms with Gasteiger partial charge in [0.1, 0.15) is 11.0 Å². The number of hydrogen-bond acceptors (Lipinski definition) is 6. The molecule has 1 aromatic carbocycles. The summed E-state index contributed by atoms with van der Waals surface area (Å²) in [4.78, 5) is 12.0. The molecule has 1 N–H and O–H groups in total. The van der Waals surface area contributed by atoms with Crippen molar-refractivity contribution in [2.45, 2.75) is 6.10 Å². The fraction of sp³-hybridized carbons (Fsp3) is 0.364. The van der Waals surface area contributed by atoms with Crippen molar-refractivity contribution in [3.63, 3.8) is 0 Å². The van der Waals surface area contributed by atoms with Crippen molar-refractivity contribution in [2.24, 2.45) is 0 Å². The van der Waals surface area contributed by atoms with Crippen molar-refractivity contribution >= 4 is 34.4 Å². The van der Waals surface area contributed by atoms with Crippen LogP contribution in [-0.4, -0.2) is 40.6 Å². The zero-order chi connectivity index (χ0) is 12.4. The molecule has 1 amide bonds. The van der Waals surface area contributed by atoms with Crippen LogP contribution in [0.4, 0.5) is 5.69 Å². The Morgan fingerprint density at radius 3 is 3.17 bits per heavy atom. The molecule has 94 valence electrons. The van der Waals surface area contributed by atoms with E-state index in [1.807, 2.05) is 12.1 Å². The first-order valence-electron chi connectivity index (χ1n) is 5.56. The normalized spacial score (nSPS) is 19.9. The average Bonchev–Trinajstić information content (AvgIpc) is 2.89. The fourth-order valence-corrected chi connectivity index (χ4v) is 2.31. The number of nitrogens with zero attached hydrogens (tertiary/aromatic N) is 2. The van der Waals surface area contributed by atoms with Crippen LogP contribution >= 0.6 is 11.7 Å². The Bertz CT molecular complexity index is 565. The summed E-state index contributed by atoms with van der Waals surface area (Å²) in [5.41, 5.74) is 2.13. The highest BCUT2D eigenvalue weighted by Crippen LogP contribution is 2.21. The van der Waals surface area contributed by atoms with E-state index in [4.69, 9.17) is 9.47 Å². The summed E-state index contributed by atoms with van der Waals surface area (Å²) in [5.74, 6) is -0.213. The first-order chi connectivity index (χ1) is 8.84. The molecule has 0 saturated carbocycles. The highest BCUT2D eigenvalue weighted by Gasteiger charge is 2.23. The molecule has 1 unspecified atom stereocenters. The number of hydrogen-bond donors (Lipinski definition) is 1. The van der Waals surface area contributed by atoms with Gasteiger partial charge in [-0.15, -0.1) is 0 Å². The third kappa shape index (κ3) is 2.20. The lowest BCUT2D eigenvalue weighted by molar-refractivity contribution is -0.142. The van der Waals surface area contributed by atoms with Gasteiger partial charge >= 0.3 is 0 Å². The second kappa shape index (κ2) is 4.97. The number of fused-ring (bicyclic) bond motifs is 1. The van der Waals surface area contributed by atoms with Crippen molar-refractivity contribution in [3.05, 3.63) is 18.2 Å². The van der Waals surface area contributed by atoms with Crippen LogP contribution in [0.15, 0.2) is 18.2 Å². The molecule has 1 atom stereocenters. The van der Waals surface area contributed by atoms with Crippen LogP contribution < -0.4 is 5.32 Å². The van der Waals surface area contributed by atoms with E-state index < -0.39 is 6.10 Å². The molecule has 18 heavy (non-hydrogen) atoms. The quantitative estimate of drug-likeness (QED) is 0.878. The number of carbonyl (C=O) groups is 1. The molecule has 1 fully saturated rings. The number of aromatic nitrogens is 2. The van der Waals surface area contributed by atoms with E-state index in [0.29, 0.717) is 24.4 Å². The first-order valence-corrected chi connectivity index (χ1v) is 6.29. The van der Waals surface area contributed by atoms with Gasteiger partial charge in [-0.05, 0) is 12.1 Å². The molecule has 2 heterocycles. The van der Waals surface area contributed by atoms with E-state index >= 15 is 0 Å². The zero-order valence-electron chi connectivity index (χ0n) is 9.46. The molecule has 1 aliphatic heterocycles. The summed E-state index contributed by atoms with van der Waals surface area (Å²) in [7, 11) is 0. The number of nitrogens with one attached hydrogen (secondary N) is 1. The highest BCUT2D eigenvalue weighted by molar-refractivity contribution is 7.00. The largest absolute Gasteiger partial charge is 0.376 e. The van der Waals surface area contributed by atoms with Gasteiger partial charge in [0.05, 0.1) is 37.2 Å². The molecule has 0 radical (unpaired) electrons. The molecule has 1 saturated heterocycles. The number of amides is 1. The van der Waals surface area contributed by atoms with Crippen LogP contribution in [0.5, 0.6) is 0 Å². The molecule has 2 aromatic rings. The molecule has 3 rings (SSSR count). The number of anilines is 1.